The average molecular weight is 430 g/mol. The summed E-state index contributed by atoms with van der Waals surface area (Å²) in [6, 6.07) is 3.49. The Morgan fingerprint density at radius 2 is 2.30 bits per heavy atom. The number of halogens is 1. The van der Waals surface area contributed by atoms with Crippen molar-refractivity contribution in [1.29, 1.82) is 0 Å². The fourth-order valence-electron chi connectivity index (χ4n) is 1.81. The number of ether oxygens (including phenoxy) is 2. The Morgan fingerprint density at radius 1 is 1.57 bits per heavy atom. The summed E-state index contributed by atoms with van der Waals surface area (Å²) in [5.41, 5.74) is 7.24. The van der Waals surface area contributed by atoms with Crippen LogP contribution in [0.25, 0.3) is 0 Å². The Balaban J connectivity index is 2.28. The highest BCUT2D eigenvalue weighted by atomic mass is 127. The largest absolute Gasteiger partial charge is 0.493 e. The normalized spacial score (nSPS) is 10.9. The van der Waals surface area contributed by atoms with Gasteiger partial charge in [-0.2, -0.15) is 5.10 Å². The molecule has 2 rings (SSSR count). The van der Waals surface area contributed by atoms with E-state index in [-0.39, 0.29) is 0 Å². The second-order valence-electron chi connectivity index (χ2n) is 4.55. The molecule has 0 aliphatic rings. The fraction of sp³-hybridized carbons (Fsp3) is 0.214. The molecule has 0 radical (unpaired) electrons. The highest BCUT2D eigenvalue weighted by Crippen LogP contribution is 2.33. The van der Waals surface area contributed by atoms with Gasteiger partial charge in [0.05, 0.1) is 28.8 Å². The summed E-state index contributed by atoms with van der Waals surface area (Å²) in [6.07, 6.45) is 3.31. The smallest absolute Gasteiger partial charge is 0.341 e. The van der Waals surface area contributed by atoms with Crippen LogP contribution in [0.5, 0.6) is 11.5 Å². The van der Waals surface area contributed by atoms with Crippen molar-refractivity contribution in [3.63, 3.8) is 0 Å². The lowest BCUT2D eigenvalue weighted by atomic mass is 10.2. The van der Waals surface area contributed by atoms with Crippen LogP contribution in [-0.4, -0.2) is 40.7 Å². The van der Waals surface area contributed by atoms with E-state index in [1.165, 1.54) is 11.8 Å². The van der Waals surface area contributed by atoms with Crippen molar-refractivity contribution >= 4 is 40.7 Å². The third kappa shape index (κ3) is 4.34. The molecule has 0 fully saturated rings. The van der Waals surface area contributed by atoms with Gasteiger partial charge in [0.25, 0.3) is 0 Å². The van der Waals surface area contributed by atoms with E-state index in [9.17, 15) is 4.79 Å². The highest BCUT2D eigenvalue weighted by Gasteiger charge is 2.12. The quantitative estimate of drug-likeness (QED) is 0.534. The zero-order valence-electron chi connectivity index (χ0n) is 12.5. The molecule has 0 aliphatic carbocycles. The third-order valence-electron chi connectivity index (χ3n) is 2.76. The first-order valence-corrected chi connectivity index (χ1v) is 7.56. The van der Waals surface area contributed by atoms with Crippen LogP contribution in [-0.2, 0) is 4.79 Å². The highest BCUT2D eigenvalue weighted by molar-refractivity contribution is 14.1. The molecule has 0 atom stereocenters. The van der Waals surface area contributed by atoms with Gasteiger partial charge in [0.15, 0.2) is 18.1 Å². The zero-order chi connectivity index (χ0) is 17.0. The molecule has 0 saturated carbocycles. The maximum atomic E-state index is 10.6. The topological polar surface area (TPSA) is 112 Å². The molecule has 8 nitrogen and oxygen atoms in total. The monoisotopic (exact) mass is 430 g/mol. The van der Waals surface area contributed by atoms with Crippen molar-refractivity contribution in [1.82, 2.24) is 9.66 Å². The maximum absolute atomic E-state index is 10.6. The second kappa shape index (κ2) is 7.31. The number of aliphatic carboxylic acids is 1. The number of imidazole rings is 1. The van der Waals surface area contributed by atoms with Crippen molar-refractivity contribution in [3.8, 4) is 11.5 Å². The molecule has 1 aromatic carbocycles. The van der Waals surface area contributed by atoms with Crippen LogP contribution < -0.4 is 15.2 Å². The first-order valence-electron chi connectivity index (χ1n) is 6.48. The molecule has 1 heterocycles. The third-order valence-corrected chi connectivity index (χ3v) is 3.56. The van der Waals surface area contributed by atoms with E-state index in [1.54, 1.807) is 24.5 Å². The molecule has 0 amide bonds. The van der Waals surface area contributed by atoms with E-state index in [2.05, 4.69) is 10.1 Å². The van der Waals surface area contributed by atoms with Gasteiger partial charge in [-0.25, -0.2) is 14.5 Å². The number of benzene rings is 1. The second-order valence-corrected chi connectivity index (χ2v) is 5.71. The van der Waals surface area contributed by atoms with E-state index in [0.29, 0.717) is 21.0 Å². The molecular formula is C14H15IN4O4. The lowest BCUT2D eigenvalue weighted by Gasteiger charge is -2.12. The minimum absolute atomic E-state index is 0.293. The number of aryl methyl sites for hydroxylation is 1. The number of nitrogen functional groups attached to an aromatic ring is 1. The van der Waals surface area contributed by atoms with Crippen LogP contribution >= 0.6 is 22.6 Å². The lowest BCUT2D eigenvalue weighted by molar-refractivity contribution is -0.139. The fourth-order valence-corrected chi connectivity index (χ4v) is 2.59. The Labute approximate surface area is 146 Å². The number of rotatable bonds is 6. The molecule has 0 aliphatic heterocycles. The molecule has 0 saturated heterocycles. The van der Waals surface area contributed by atoms with E-state index < -0.39 is 12.6 Å². The van der Waals surface area contributed by atoms with Gasteiger partial charge in [-0.1, -0.05) is 0 Å². The molecule has 3 N–H and O–H groups in total. The first kappa shape index (κ1) is 17.1. The van der Waals surface area contributed by atoms with E-state index in [4.69, 9.17) is 20.3 Å². The predicted octanol–water partition coefficient (Wildman–Crippen LogP) is 1.73. The van der Waals surface area contributed by atoms with Gasteiger partial charge < -0.3 is 20.3 Å². The number of methoxy groups -OCH3 is 1. The Morgan fingerprint density at radius 3 is 2.87 bits per heavy atom. The van der Waals surface area contributed by atoms with Crippen LogP contribution in [0.3, 0.4) is 0 Å². The van der Waals surface area contributed by atoms with Crippen molar-refractivity contribution in [3.05, 3.63) is 33.2 Å². The summed E-state index contributed by atoms with van der Waals surface area (Å²) < 4.78 is 12.7. The number of anilines is 1. The maximum Gasteiger partial charge on any atom is 0.341 e. The van der Waals surface area contributed by atoms with E-state index in [1.807, 2.05) is 29.5 Å². The number of nitrogens with zero attached hydrogens (tertiary/aromatic N) is 3. The van der Waals surface area contributed by atoms with Crippen molar-refractivity contribution in [2.24, 2.45) is 5.10 Å². The molecule has 23 heavy (non-hydrogen) atoms. The van der Waals surface area contributed by atoms with Crippen LogP contribution in [0, 0.1) is 10.5 Å². The number of aromatic nitrogens is 2. The lowest BCUT2D eigenvalue weighted by Crippen LogP contribution is -2.11. The summed E-state index contributed by atoms with van der Waals surface area (Å²) in [7, 11) is 1.48. The minimum atomic E-state index is -1.06. The molecule has 9 heteroatoms. The molecule has 0 spiro atoms. The van der Waals surface area contributed by atoms with Crippen molar-refractivity contribution in [2.75, 3.05) is 19.5 Å². The van der Waals surface area contributed by atoms with Crippen LogP contribution in [0.1, 0.15) is 11.3 Å². The molecule has 0 unspecified atom stereocenters. The van der Waals surface area contributed by atoms with Gasteiger partial charge >= 0.3 is 5.97 Å². The van der Waals surface area contributed by atoms with Crippen molar-refractivity contribution < 1.29 is 19.4 Å². The average Bonchev–Trinajstić information content (AvgIpc) is 2.81. The summed E-state index contributed by atoms with van der Waals surface area (Å²) in [5, 5.41) is 12.9. The SMILES string of the molecule is COc1cc(C=Nn2cc(C)nc2N)cc(I)c1OCC(=O)O. The molecule has 1 aromatic heterocycles. The first-order chi connectivity index (χ1) is 10.9. The van der Waals surface area contributed by atoms with Gasteiger partial charge in [0.2, 0.25) is 5.95 Å². The standard InChI is InChI=1S/C14H15IN4O4/c1-8-6-19(14(16)18-8)17-5-9-3-10(15)13(11(4-9)22-2)23-7-12(20)21/h3-6H,7H2,1-2H3,(H2,16,18)(H,20,21). The summed E-state index contributed by atoms with van der Waals surface area (Å²) in [5.74, 6) is 0.0429. The number of nitrogens with two attached hydrogens (primary N) is 1. The Bertz CT molecular complexity index is 757. The summed E-state index contributed by atoms with van der Waals surface area (Å²) in [4.78, 5) is 14.7. The summed E-state index contributed by atoms with van der Waals surface area (Å²) in [6.45, 7) is 1.38. The number of carbonyl (C=O) groups is 1. The Kier molecular flexibility index (Phi) is 5.42. The van der Waals surface area contributed by atoms with E-state index in [0.717, 1.165) is 11.3 Å². The Hall–Kier alpha value is -2.30. The van der Waals surface area contributed by atoms with Crippen LogP contribution in [0.15, 0.2) is 23.4 Å². The van der Waals surface area contributed by atoms with Gasteiger partial charge in [0, 0.05) is 0 Å². The summed E-state index contributed by atoms with van der Waals surface area (Å²) >= 11 is 2.04. The molecule has 0 bridgehead atoms. The minimum Gasteiger partial charge on any atom is -0.493 e. The molecule has 2 aromatic rings. The van der Waals surface area contributed by atoms with E-state index >= 15 is 0 Å². The molecular weight excluding hydrogens is 415 g/mol. The van der Waals surface area contributed by atoms with Gasteiger partial charge in [-0.05, 0) is 47.2 Å². The van der Waals surface area contributed by atoms with Crippen LogP contribution in [0.4, 0.5) is 5.95 Å². The molecule has 122 valence electrons. The zero-order valence-corrected chi connectivity index (χ0v) is 14.6. The number of carboxylic acids is 1. The number of carboxylic acid groups (broad SMARTS) is 1. The van der Waals surface area contributed by atoms with Crippen LogP contribution in [0.2, 0.25) is 0 Å². The van der Waals surface area contributed by atoms with Gasteiger partial charge in [-0.15, -0.1) is 0 Å². The van der Waals surface area contributed by atoms with Gasteiger partial charge in [-0.3, -0.25) is 0 Å². The number of hydrogen-bond acceptors (Lipinski definition) is 6. The number of hydrogen-bond donors (Lipinski definition) is 2. The van der Waals surface area contributed by atoms with Crippen molar-refractivity contribution in [2.45, 2.75) is 6.92 Å². The van der Waals surface area contributed by atoms with Gasteiger partial charge in [0.1, 0.15) is 0 Å². The predicted molar refractivity (Wildman–Crippen MR) is 93.2 cm³/mol.